The number of hydrogen-bond acceptors (Lipinski definition) is 3. The van der Waals surface area contributed by atoms with Crippen molar-refractivity contribution >= 4 is 17.5 Å². The predicted molar refractivity (Wildman–Crippen MR) is 77.9 cm³/mol. The molecule has 3 rings (SSSR count). The van der Waals surface area contributed by atoms with Crippen molar-refractivity contribution in [3.8, 4) is 0 Å². The van der Waals surface area contributed by atoms with Gasteiger partial charge in [0.2, 0.25) is 5.91 Å². The molecule has 0 radical (unpaired) electrons. The van der Waals surface area contributed by atoms with Crippen molar-refractivity contribution in [1.29, 1.82) is 0 Å². The van der Waals surface area contributed by atoms with Crippen LogP contribution >= 0.6 is 0 Å². The quantitative estimate of drug-likeness (QED) is 0.800. The Morgan fingerprint density at radius 3 is 3.05 bits per heavy atom. The lowest BCUT2D eigenvalue weighted by atomic mass is 10.1. The molecule has 3 N–H and O–H groups in total. The zero-order valence-electron chi connectivity index (χ0n) is 11.6. The summed E-state index contributed by atoms with van der Waals surface area (Å²) in [5.74, 6) is 0.536. The normalized spacial score (nSPS) is 14.4. The topological polar surface area (TPSA) is 86.9 Å². The second-order valence-corrected chi connectivity index (χ2v) is 5.01. The molecule has 21 heavy (non-hydrogen) atoms. The molecule has 1 aromatic heterocycles. The number of carbonyl (C=O) groups is 2. The van der Waals surface area contributed by atoms with Crippen LogP contribution in [-0.2, 0) is 11.2 Å². The molecule has 1 aromatic carbocycles. The molecular weight excluding hydrogens is 268 g/mol. The van der Waals surface area contributed by atoms with E-state index >= 15 is 0 Å². The van der Waals surface area contributed by atoms with Crippen LogP contribution in [-0.4, -0.2) is 21.8 Å². The van der Waals surface area contributed by atoms with Crippen LogP contribution in [0.1, 0.15) is 41.1 Å². The van der Waals surface area contributed by atoms with Crippen LogP contribution in [0.15, 0.2) is 30.6 Å². The highest BCUT2D eigenvalue weighted by Gasteiger charge is 2.21. The molecule has 1 aliphatic heterocycles. The van der Waals surface area contributed by atoms with Gasteiger partial charge in [-0.1, -0.05) is 6.92 Å². The minimum atomic E-state index is -0.166. The molecule has 0 aliphatic carbocycles. The number of rotatable bonds is 4. The molecule has 0 fully saturated rings. The smallest absolute Gasteiger partial charge is 0.251 e. The number of carbonyl (C=O) groups excluding carboxylic acids is 2. The van der Waals surface area contributed by atoms with Crippen molar-refractivity contribution in [2.45, 2.75) is 25.8 Å². The molecule has 6 heteroatoms. The molecule has 1 aliphatic rings. The van der Waals surface area contributed by atoms with Gasteiger partial charge in [0, 0.05) is 23.6 Å². The van der Waals surface area contributed by atoms with Crippen LogP contribution in [0, 0.1) is 0 Å². The summed E-state index contributed by atoms with van der Waals surface area (Å²) in [5, 5.41) is 5.70. The van der Waals surface area contributed by atoms with E-state index in [-0.39, 0.29) is 17.9 Å². The Morgan fingerprint density at radius 1 is 1.48 bits per heavy atom. The van der Waals surface area contributed by atoms with E-state index in [4.69, 9.17) is 0 Å². The van der Waals surface area contributed by atoms with Crippen molar-refractivity contribution in [2.24, 2.45) is 0 Å². The number of H-pyrrole nitrogens is 1. The first-order valence-corrected chi connectivity index (χ1v) is 6.90. The predicted octanol–water partition coefficient (Wildman–Crippen LogP) is 1.79. The molecule has 1 unspecified atom stereocenters. The molecule has 6 nitrogen and oxygen atoms in total. The number of aromatic amines is 1. The Morgan fingerprint density at radius 2 is 2.33 bits per heavy atom. The monoisotopic (exact) mass is 284 g/mol. The third-order valence-corrected chi connectivity index (χ3v) is 3.56. The number of nitrogens with one attached hydrogen (secondary N) is 3. The van der Waals surface area contributed by atoms with Crippen molar-refractivity contribution in [3.63, 3.8) is 0 Å². The summed E-state index contributed by atoms with van der Waals surface area (Å²) >= 11 is 0. The standard InChI is InChI=1S/C15H16N4O2/c1-2-11(14-16-5-6-17-14)19-15(21)9-3-4-12-10(7-9)8-13(20)18-12/h3-7,11H,2,8H2,1H3,(H,16,17)(H,18,20)(H,19,21). The molecule has 2 heterocycles. The maximum absolute atomic E-state index is 12.3. The molecule has 0 bridgehead atoms. The molecule has 2 aromatic rings. The molecule has 108 valence electrons. The van der Waals surface area contributed by atoms with Gasteiger partial charge >= 0.3 is 0 Å². The van der Waals surface area contributed by atoms with E-state index in [1.807, 2.05) is 6.92 Å². The summed E-state index contributed by atoms with van der Waals surface area (Å²) in [6, 6.07) is 5.09. The third-order valence-electron chi connectivity index (χ3n) is 3.56. The van der Waals surface area contributed by atoms with Gasteiger partial charge in [0.15, 0.2) is 0 Å². The van der Waals surface area contributed by atoms with Crippen LogP contribution in [0.3, 0.4) is 0 Å². The van der Waals surface area contributed by atoms with Crippen LogP contribution in [0.4, 0.5) is 5.69 Å². The summed E-state index contributed by atoms with van der Waals surface area (Å²) in [4.78, 5) is 30.9. The van der Waals surface area contributed by atoms with E-state index in [9.17, 15) is 9.59 Å². The van der Waals surface area contributed by atoms with Gasteiger partial charge < -0.3 is 15.6 Å². The number of anilines is 1. The SMILES string of the molecule is CCC(NC(=O)c1ccc2c(c1)CC(=O)N2)c1ncc[nH]1. The van der Waals surface area contributed by atoms with E-state index in [1.54, 1.807) is 30.6 Å². The number of hydrogen-bond donors (Lipinski definition) is 3. The van der Waals surface area contributed by atoms with Gasteiger partial charge in [-0.3, -0.25) is 9.59 Å². The van der Waals surface area contributed by atoms with Crippen molar-refractivity contribution < 1.29 is 9.59 Å². The number of benzene rings is 1. The number of nitrogens with zero attached hydrogens (tertiary/aromatic N) is 1. The number of fused-ring (bicyclic) bond motifs is 1. The van der Waals surface area contributed by atoms with Gasteiger partial charge in [-0.25, -0.2) is 4.98 Å². The first-order valence-electron chi connectivity index (χ1n) is 6.90. The lowest BCUT2D eigenvalue weighted by molar-refractivity contribution is -0.115. The highest BCUT2D eigenvalue weighted by molar-refractivity contribution is 6.01. The maximum atomic E-state index is 12.3. The summed E-state index contributed by atoms with van der Waals surface area (Å²) < 4.78 is 0. The summed E-state index contributed by atoms with van der Waals surface area (Å²) in [5.41, 5.74) is 2.20. The van der Waals surface area contributed by atoms with Gasteiger partial charge in [-0.2, -0.15) is 0 Å². The Labute approximate surface area is 122 Å². The van der Waals surface area contributed by atoms with Gasteiger partial charge in [0.1, 0.15) is 5.82 Å². The lowest BCUT2D eigenvalue weighted by Crippen LogP contribution is -2.28. The highest BCUT2D eigenvalue weighted by atomic mass is 16.2. The van der Waals surface area contributed by atoms with Gasteiger partial charge in [-0.15, -0.1) is 0 Å². The van der Waals surface area contributed by atoms with Gasteiger partial charge in [0.25, 0.3) is 5.91 Å². The number of imidazole rings is 1. The number of aromatic nitrogens is 2. The second-order valence-electron chi connectivity index (χ2n) is 5.01. The zero-order chi connectivity index (χ0) is 14.8. The van der Waals surface area contributed by atoms with E-state index in [2.05, 4.69) is 20.6 Å². The summed E-state index contributed by atoms with van der Waals surface area (Å²) in [6.07, 6.45) is 4.46. The third kappa shape index (κ3) is 2.65. The average molecular weight is 284 g/mol. The zero-order valence-corrected chi connectivity index (χ0v) is 11.6. The first-order chi connectivity index (χ1) is 10.2. The van der Waals surface area contributed by atoms with Crippen LogP contribution < -0.4 is 10.6 Å². The molecular formula is C15H16N4O2. The molecule has 1 atom stereocenters. The maximum Gasteiger partial charge on any atom is 0.251 e. The van der Waals surface area contributed by atoms with E-state index in [0.717, 1.165) is 23.5 Å². The fourth-order valence-electron chi connectivity index (χ4n) is 2.44. The first kappa shape index (κ1) is 13.4. The van der Waals surface area contributed by atoms with Crippen molar-refractivity contribution in [1.82, 2.24) is 15.3 Å². The van der Waals surface area contributed by atoms with Gasteiger partial charge in [-0.05, 0) is 30.2 Å². The van der Waals surface area contributed by atoms with Crippen molar-refractivity contribution in [2.75, 3.05) is 5.32 Å². The summed E-state index contributed by atoms with van der Waals surface area (Å²) in [7, 11) is 0. The minimum absolute atomic E-state index is 0.0374. The minimum Gasteiger partial charge on any atom is -0.347 e. The molecule has 0 saturated carbocycles. The lowest BCUT2D eigenvalue weighted by Gasteiger charge is -2.15. The average Bonchev–Trinajstić information content (AvgIpc) is 3.11. The van der Waals surface area contributed by atoms with Crippen molar-refractivity contribution in [3.05, 3.63) is 47.5 Å². The highest BCUT2D eigenvalue weighted by Crippen LogP contribution is 2.24. The molecule has 0 spiro atoms. The Balaban J connectivity index is 1.77. The van der Waals surface area contributed by atoms with Crippen LogP contribution in [0.2, 0.25) is 0 Å². The number of amides is 2. The Bertz CT molecular complexity index is 679. The fourth-order valence-corrected chi connectivity index (χ4v) is 2.44. The largest absolute Gasteiger partial charge is 0.347 e. The van der Waals surface area contributed by atoms with E-state index in [1.165, 1.54) is 0 Å². The Kier molecular flexibility index (Phi) is 3.43. The fraction of sp³-hybridized carbons (Fsp3) is 0.267. The van der Waals surface area contributed by atoms with Crippen LogP contribution in [0.25, 0.3) is 0 Å². The molecule has 0 saturated heterocycles. The van der Waals surface area contributed by atoms with Gasteiger partial charge in [0.05, 0.1) is 12.5 Å². The second kappa shape index (κ2) is 5.40. The Hall–Kier alpha value is -2.63. The van der Waals surface area contributed by atoms with E-state index < -0.39 is 0 Å². The summed E-state index contributed by atoms with van der Waals surface area (Å²) in [6.45, 7) is 1.98. The van der Waals surface area contributed by atoms with Crippen LogP contribution in [0.5, 0.6) is 0 Å². The molecule has 2 amide bonds. The van der Waals surface area contributed by atoms with E-state index in [0.29, 0.717) is 12.0 Å².